The van der Waals surface area contributed by atoms with Crippen molar-refractivity contribution in [3.05, 3.63) is 30.2 Å². The third kappa shape index (κ3) is 2.93. The van der Waals surface area contributed by atoms with Crippen molar-refractivity contribution in [1.82, 2.24) is 20.0 Å². The van der Waals surface area contributed by atoms with Gasteiger partial charge in [-0.05, 0) is 12.5 Å². The van der Waals surface area contributed by atoms with Gasteiger partial charge in [0.25, 0.3) is 0 Å². The van der Waals surface area contributed by atoms with Crippen LogP contribution in [0, 0.1) is 0 Å². The van der Waals surface area contributed by atoms with Crippen molar-refractivity contribution >= 4 is 11.7 Å². The van der Waals surface area contributed by atoms with E-state index in [1.807, 2.05) is 19.2 Å². The van der Waals surface area contributed by atoms with E-state index in [0.29, 0.717) is 18.8 Å². The highest BCUT2D eigenvalue weighted by atomic mass is 16.1. The third-order valence-corrected chi connectivity index (χ3v) is 2.49. The Morgan fingerprint density at radius 2 is 2.47 bits per heavy atom. The van der Waals surface area contributed by atoms with Gasteiger partial charge in [-0.1, -0.05) is 6.92 Å². The van der Waals surface area contributed by atoms with Gasteiger partial charge in [-0.2, -0.15) is 10.2 Å². The third-order valence-electron chi connectivity index (χ3n) is 2.49. The summed E-state index contributed by atoms with van der Waals surface area (Å²) in [6.07, 6.45) is 6.49. The molecule has 1 amide bonds. The minimum absolute atomic E-state index is 0.0422. The molecule has 2 aromatic rings. The van der Waals surface area contributed by atoms with Gasteiger partial charge in [0.15, 0.2) is 0 Å². The smallest absolute Gasteiger partial charge is 0.227 e. The lowest BCUT2D eigenvalue weighted by atomic mass is 10.2. The molecule has 0 fully saturated rings. The Labute approximate surface area is 99.0 Å². The molecule has 0 aliphatic carbocycles. The van der Waals surface area contributed by atoms with E-state index >= 15 is 0 Å². The number of aromatic amines is 1. The summed E-state index contributed by atoms with van der Waals surface area (Å²) in [5.41, 5.74) is 1.01. The Morgan fingerprint density at radius 1 is 1.59 bits per heavy atom. The van der Waals surface area contributed by atoms with E-state index in [0.717, 1.165) is 12.0 Å². The summed E-state index contributed by atoms with van der Waals surface area (Å²) in [6, 6.07) is 1.84. The maximum atomic E-state index is 11.7. The number of nitrogens with zero attached hydrogens (tertiary/aromatic N) is 3. The van der Waals surface area contributed by atoms with Crippen molar-refractivity contribution in [2.45, 2.75) is 26.3 Å². The molecule has 6 heteroatoms. The first-order chi connectivity index (χ1) is 8.29. The molecule has 2 N–H and O–H groups in total. The zero-order valence-electron chi connectivity index (χ0n) is 9.68. The molecular weight excluding hydrogens is 218 g/mol. The minimum atomic E-state index is -0.0422. The maximum Gasteiger partial charge on any atom is 0.227 e. The first kappa shape index (κ1) is 11.4. The van der Waals surface area contributed by atoms with Crippen LogP contribution in [-0.4, -0.2) is 25.9 Å². The van der Waals surface area contributed by atoms with Gasteiger partial charge in [-0.3, -0.25) is 14.6 Å². The Balaban J connectivity index is 1.85. The number of carbonyl (C=O) groups is 1. The number of hydrogen-bond donors (Lipinski definition) is 2. The Hall–Kier alpha value is -2.11. The van der Waals surface area contributed by atoms with E-state index < -0.39 is 0 Å². The molecule has 2 aromatic heterocycles. The van der Waals surface area contributed by atoms with E-state index in [4.69, 9.17) is 0 Å². The number of amides is 1. The summed E-state index contributed by atoms with van der Waals surface area (Å²) in [5, 5.41) is 13.5. The van der Waals surface area contributed by atoms with Gasteiger partial charge in [0.05, 0.1) is 6.20 Å². The van der Waals surface area contributed by atoms with E-state index in [2.05, 4.69) is 20.6 Å². The number of aromatic nitrogens is 4. The molecule has 0 aliphatic rings. The SMILES string of the molecule is CCc1cn[nH]c1NC(=O)CCn1cccn1. The maximum absolute atomic E-state index is 11.7. The van der Waals surface area contributed by atoms with Crippen molar-refractivity contribution in [2.75, 3.05) is 5.32 Å². The molecule has 2 heterocycles. The molecule has 0 unspecified atom stereocenters. The predicted molar refractivity (Wildman–Crippen MR) is 63.4 cm³/mol. The normalized spacial score (nSPS) is 10.4. The second-order valence-electron chi connectivity index (χ2n) is 3.69. The van der Waals surface area contributed by atoms with E-state index in [1.54, 1.807) is 17.1 Å². The van der Waals surface area contributed by atoms with Crippen LogP contribution in [0.25, 0.3) is 0 Å². The number of nitrogens with one attached hydrogen (secondary N) is 2. The molecule has 90 valence electrons. The molecule has 0 aromatic carbocycles. The number of H-pyrrole nitrogens is 1. The highest BCUT2D eigenvalue weighted by Gasteiger charge is 2.07. The lowest BCUT2D eigenvalue weighted by molar-refractivity contribution is -0.116. The van der Waals surface area contributed by atoms with Crippen LogP contribution in [0.2, 0.25) is 0 Å². The molecule has 0 bridgehead atoms. The van der Waals surface area contributed by atoms with Crippen molar-refractivity contribution in [1.29, 1.82) is 0 Å². The average molecular weight is 233 g/mol. The molecule has 17 heavy (non-hydrogen) atoms. The van der Waals surface area contributed by atoms with Crippen LogP contribution in [0.4, 0.5) is 5.82 Å². The fourth-order valence-corrected chi connectivity index (χ4v) is 1.54. The monoisotopic (exact) mass is 233 g/mol. The number of anilines is 1. The summed E-state index contributed by atoms with van der Waals surface area (Å²) in [7, 11) is 0. The van der Waals surface area contributed by atoms with Crippen LogP contribution >= 0.6 is 0 Å². The fourth-order valence-electron chi connectivity index (χ4n) is 1.54. The van der Waals surface area contributed by atoms with Gasteiger partial charge in [0.2, 0.25) is 5.91 Å². The zero-order valence-corrected chi connectivity index (χ0v) is 9.68. The van der Waals surface area contributed by atoms with Crippen molar-refractivity contribution in [3.8, 4) is 0 Å². The molecule has 6 nitrogen and oxygen atoms in total. The standard InChI is InChI=1S/C11H15N5O/c1-2-9-8-12-15-11(9)14-10(17)4-7-16-6-3-5-13-16/h3,5-6,8H,2,4,7H2,1H3,(H2,12,14,15,17). The second-order valence-corrected chi connectivity index (χ2v) is 3.69. The summed E-state index contributed by atoms with van der Waals surface area (Å²) in [6.45, 7) is 2.60. The molecule has 0 atom stereocenters. The first-order valence-corrected chi connectivity index (χ1v) is 5.59. The van der Waals surface area contributed by atoms with Crippen LogP contribution in [0.15, 0.2) is 24.7 Å². The average Bonchev–Trinajstić information content (AvgIpc) is 2.97. The molecule has 0 saturated carbocycles. The van der Waals surface area contributed by atoms with E-state index in [9.17, 15) is 4.79 Å². The molecule has 0 radical (unpaired) electrons. The Morgan fingerprint density at radius 3 is 3.18 bits per heavy atom. The number of carbonyl (C=O) groups excluding carboxylic acids is 1. The molecule has 0 saturated heterocycles. The van der Waals surface area contributed by atoms with Gasteiger partial charge in [-0.25, -0.2) is 0 Å². The minimum Gasteiger partial charge on any atom is -0.311 e. The van der Waals surface area contributed by atoms with Crippen LogP contribution in [-0.2, 0) is 17.8 Å². The molecular formula is C11H15N5O. The molecule has 0 spiro atoms. The highest BCUT2D eigenvalue weighted by molar-refractivity contribution is 5.90. The molecule has 0 aliphatic heterocycles. The quantitative estimate of drug-likeness (QED) is 0.814. The summed E-state index contributed by atoms with van der Waals surface area (Å²) >= 11 is 0. The first-order valence-electron chi connectivity index (χ1n) is 5.59. The number of rotatable bonds is 5. The topological polar surface area (TPSA) is 75.6 Å². The van der Waals surface area contributed by atoms with Crippen LogP contribution in [0.5, 0.6) is 0 Å². The summed E-state index contributed by atoms with van der Waals surface area (Å²) < 4.78 is 1.73. The second kappa shape index (κ2) is 5.29. The number of hydrogen-bond acceptors (Lipinski definition) is 3. The molecule has 2 rings (SSSR count). The van der Waals surface area contributed by atoms with E-state index in [-0.39, 0.29) is 5.91 Å². The lowest BCUT2D eigenvalue weighted by Gasteiger charge is -2.04. The van der Waals surface area contributed by atoms with Gasteiger partial charge < -0.3 is 5.32 Å². The lowest BCUT2D eigenvalue weighted by Crippen LogP contribution is -2.15. The largest absolute Gasteiger partial charge is 0.311 e. The van der Waals surface area contributed by atoms with E-state index in [1.165, 1.54) is 0 Å². The predicted octanol–water partition coefficient (Wildman–Crippen LogP) is 1.20. The van der Waals surface area contributed by atoms with Crippen LogP contribution < -0.4 is 5.32 Å². The Bertz CT molecular complexity index is 474. The fraction of sp³-hybridized carbons (Fsp3) is 0.364. The van der Waals surface area contributed by atoms with Crippen LogP contribution in [0.1, 0.15) is 18.9 Å². The highest BCUT2D eigenvalue weighted by Crippen LogP contribution is 2.11. The van der Waals surface area contributed by atoms with Crippen molar-refractivity contribution in [2.24, 2.45) is 0 Å². The zero-order chi connectivity index (χ0) is 12.1. The number of aryl methyl sites for hydroxylation is 2. The van der Waals surface area contributed by atoms with Gasteiger partial charge in [0, 0.05) is 30.9 Å². The summed E-state index contributed by atoms with van der Waals surface area (Å²) in [4.78, 5) is 11.7. The van der Waals surface area contributed by atoms with Crippen molar-refractivity contribution in [3.63, 3.8) is 0 Å². The van der Waals surface area contributed by atoms with Crippen molar-refractivity contribution < 1.29 is 4.79 Å². The van der Waals surface area contributed by atoms with Crippen LogP contribution in [0.3, 0.4) is 0 Å². The Kier molecular flexibility index (Phi) is 3.54. The van der Waals surface area contributed by atoms with Gasteiger partial charge in [-0.15, -0.1) is 0 Å². The van der Waals surface area contributed by atoms with Gasteiger partial charge >= 0.3 is 0 Å². The summed E-state index contributed by atoms with van der Waals surface area (Å²) in [5.74, 6) is 0.650. The van der Waals surface area contributed by atoms with Gasteiger partial charge in [0.1, 0.15) is 5.82 Å².